The average Bonchev–Trinajstić information content (AvgIpc) is 3.12. The Labute approximate surface area is 199 Å². The number of ether oxygens (including phenoxy) is 3. The summed E-state index contributed by atoms with van der Waals surface area (Å²) in [6, 6.07) is 13.3. The first kappa shape index (κ1) is 23.2. The fourth-order valence-electron chi connectivity index (χ4n) is 3.78. The molecule has 1 aromatic heterocycles. The van der Waals surface area contributed by atoms with E-state index in [4.69, 9.17) is 14.2 Å². The molecule has 3 aromatic rings. The maximum atomic E-state index is 13.5. The van der Waals surface area contributed by atoms with Gasteiger partial charge in [-0.2, -0.15) is 0 Å². The predicted molar refractivity (Wildman–Crippen MR) is 127 cm³/mol. The van der Waals surface area contributed by atoms with Crippen molar-refractivity contribution in [3.8, 4) is 11.5 Å². The van der Waals surface area contributed by atoms with Gasteiger partial charge in [-0.15, -0.1) is 0 Å². The zero-order chi connectivity index (χ0) is 24.4. The summed E-state index contributed by atoms with van der Waals surface area (Å²) in [4.78, 5) is 42.5. The van der Waals surface area contributed by atoms with Gasteiger partial charge in [0.05, 0.1) is 36.1 Å². The minimum absolute atomic E-state index is 0.295. The van der Waals surface area contributed by atoms with Gasteiger partial charge in [-0.3, -0.25) is 14.2 Å². The van der Waals surface area contributed by atoms with Crippen molar-refractivity contribution in [2.75, 3.05) is 14.2 Å². The van der Waals surface area contributed by atoms with Crippen LogP contribution in [0.15, 0.2) is 69.6 Å². The maximum Gasteiger partial charge on any atom is 0.338 e. The average molecular weight is 479 g/mol. The molecule has 0 fully saturated rings. The van der Waals surface area contributed by atoms with Crippen LogP contribution in [0.2, 0.25) is 0 Å². The highest BCUT2D eigenvalue weighted by Crippen LogP contribution is 2.31. The molecule has 4 rings (SSSR count). The molecule has 1 aliphatic heterocycles. The second kappa shape index (κ2) is 9.48. The third-order valence-corrected chi connectivity index (χ3v) is 6.26. The molecule has 0 bridgehead atoms. The van der Waals surface area contributed by atoms with E-state index < -0.39 is 18.0 Å². The quantitative estimate of drug-likeness (QED) is 0.413. The lowest BCUT2D eigenvalue weighted by Gasteiger charge is -2.24. The number of hydrogen-bond acceptors (Lipinski definition) is 8. The number of hydrogen-bond donors (Lipinski definition) is 0. The van der Waals surface area contributed by atoms with Crippen molar-refractivity contribution in [1.82, 2.24) is 4.57 Å². The molecule has 0 radical (unpaired) electrons. The van der Waals surface area contributed by atoms with Gasteiger partial charge in [0.1, 0.15) is 11.5 Å². The Morgan fingerprint density at radius 3 is 2.47 bits per heavy atom. The molecule has 8 nitrogen and oxygen atoms in total. The van der Waals surface area contributed by atoms with Crippen LogP contribution in [0.5, 0.6) is 11.5 Å². The van der Waals surface area contributed by atoms with Crippen LogP contribution in [0.25, 0.3) is 6.08 Å². The number of esters is 2. The third-order valence-electron chi connectivity index (χ3n) is 5.28. The predicted octanol–water partition coefficient (Wildman–Crippen LogP) is 2.34. The van der Waals surface area contributed by atoms with E-state index in [9.17, 15) is 14.4 Å². The minimum Gasteiger partial charge on any atom is -0.497 e. The van der Waals surface area contributed by atoms with E-state index in [-0.39, 0.29) is 5.56 Å². The summed E-state index contributed by atoms with van der Waals surface area (Å²) in [6.07, 6.45) is 1.71. The van der Waals surface area contributed by atoms with Gasteiger partial charge in [0.2, 0.25) is 0 Å². The highest BCUT2D eigenvalue weighted by atomic mass is 32.1. The first-order chi connectivity index (χ1) is 16.3. The molecule has 1 aliphatic rings. The SMILES string of the molecule is COC(=O)C1=C(C)N=c2s/c(=C/c3cccc(OC(C)=O)c3)c(=O)n2[C@@H]1c1ccc(OC)cc1. The second-order valence-corrected chi connectivity index (χ2v) is 8.52. The fraction of sp³-hybridized carbons (Fsp3) is 0.200. The molecule has 0 saturated carbocycles. The molecule has 2 heterocycles. The number of nitrogens with zero attached hydrogens (tertiary/aromatic N) is 2. The van der Waals surface area contributed by atoms with Gasteiger partial charge in [-0.1, -0.05) is 35.6 Å². The molecule has 1 atom stereocenters. The molecule has 0 aliphatic carbocycles. The van der Waals surface area contributed by atoms with Gasteiger partial charge < -0.3 is 14.2 Å². The van der Waals surface area contributed by atoms with Gasteiger partial charge in [0.15, 0.2) is 4.80 Å². The Hall–Kier alpha value is -3.98. The van der Waals surface area contributed by atoms with E-state index in [0.717, 1.165) is 5.56 Å². The molecule has 0 saturated heterocycles. The number of fused-ring (bicyclic) bond motifs is 1. The van der Waals surface area contributed by atoms with Crippen molar-refractivity contribution >= 4 is 29.4 Å². The van der Waals surface area contributed by atoms with E-state index in [0.29, 0.717) is 37.7 Å². The van der Waals surface area contributed by atoms with E-state index in [1.165, 1.54) is 29.9 Å². The summed E-state index contributed by atoms with van der Waals surface area (Å²) < 4.78 is 17.3. The summed E-state index contributed by atoms with van der Waals surface area (Å²) in [7, 11) is 2.87. The van der Waals surface area contributed by atoms with Gasteiger partial charge in [-0.05, 0) is 48.4 Å². The molecule has 9 heteroatoms. The Morgan fingerprint density at radius 2 is 1.82 bits per heavy atom. The number of allylic oxidation sites excluding steroid dienone is 1. The van der Waals surface area contributed by atoms with Crippen molar-refractivity contribution in [3.05, 3.63) is 90.6 Å². The van der Waals surface area contributed by atoms with Gasteiger partial charge in [0, 0.05) is 6.92 Å². The zero-order valence-corrected chi connectivity index (χ0v) is 19.8. The molecule has 34 heavy (non-hydrogen) atoms. The highest BCUT2D eigenvalue weighted by Gasteiger charge is 2.33. The van der Waals surface area contributed by atoms with Crippen LogP contribution in [0.1, 0.15) is 31.0 Å². The van der Waals surface area contributed by atoms with Crippen LogP contribution in [0.4, 0.5) is 0 Å². The molecule has 174 valence electrons. The number of aromatic nitrogens is 1. The number of carbonyl (C=O) groups excluding carboxylic acids is 2. The van der Waals surface area contributed by atoms with Crippen LogP contribution in [-0.4, -0.2) is 30.7 Å². The van der Waals surface area contributed by atoms with Crippen LogP contribution in [0, 0.1) is 0 Å². The van der Waals surface area contributed by atoms with Crippen LogP contribution in [-0.2, 0) is 14.3 Å². The maximum absolute atomic E-state index is 13.5. The molecular formula is C25H22N2O6S. The number of thiazole rings is 1. The molecule has 0 spiro atoms. The Kier molecular flexibility index (Phi) is 6.47. The van der Waals surface area contributed by atoms with Crippen molar-refractivity contribution in [2.45, 2.75) is 19.9 Å². The van der Waals surface area contributed by atoms with Gasteiger partial charge >= 0.3 is 11.9 Å². The summed E-state index contributed by atoms with van der Waals surface area (Å²) >= 11 is 1.22. The van der Waals surface area contributed by atoms with Crippen LogP contribution in [0.3, 0.4) is 0 Å². The Balaban J connectivity index is 1.90. The molecule has 2 aromatic carbocycles. The third kappa shape index (κ3) is 4.42. The van der Waals surface area contributed by atoms with Gasteiger partial charge in [-0.25, -0.2) is 9.79 Å². The molecule has 0 N–H and O–H groups in total. The van der Waals surface area contributed by atoms with E-state index in [1.54, 1.807) is 56.5 Å². The van der Waals surface area contributed by atoms with Crippen LogP contribution < -0.4 is 24.4 Å². The lowest BCUT2D eigenvalue weighted by molar-refractivity contribution is -0.136. The Bertz CT molecular complexity index is 1480. The Morgan fingerprint density at radius 1 is 1.09 bits per heavy atom. The monoisotopic (exact) mass is 478 g/mol. The number of methoxy groups -OCH3 is 2. The number of benzene rings is 2. The van der Waals surface area contributed by atoms with Crippen LogP contribution >= 0.6 is 11.3 Å². The normalized spacial score (nSPS) is 15.4. The van der Waals surface area contributed by atoms with E-state index >= 15 is 0 Å². The number of carbonyl (C=O) groups is 2. The topological polar surface area (TPSA) is 96.2 Å². The summed E-state index contributed by atoms with van der Waals surface area (Å²) in [6.45, 7) is 3.05. The first-order valence-corrected chi connectivity index (χ1v) is 11.2. The summed E-state index contributed by atoms with van der Waals surface area (Å²) in [5, 5.41) is 0. The smallest absolute Gasteiger partial charge is 0.338 e. The molecule has 0 unspecified atom stereocenters. The first-order valence-electron chi connectivity index (χ1n) is 10.4. The van der Waals surface area contributed by atoms with E-state index in [2.05, 4.69) is 4.99 Å². The fourth-order valence-corrected chi connectivity index (χ4v) is 4.83. The standard InChI is InChI=1S/C25H22N2O6S/c1-14-21(24(30)32-4)22(17-8-10-18(31-3)11-9-17)27-23(29)20(34-25(27)26-14)13-16-6-5-7-19(12-16)33-15(2)28/h5-13,22H,1-4H3/b20-13+/t22-/m1/s1. The lowest BCUT2D eigenvalue weighted by atomic mass is 9.96. The minimum atomic E-state index is -0.705. The van der Waals surface area contributed by atoms with Crippen molar-refractivity contribution in [2.24, 2.45) is 4.99 Å². The lowest BCUT2D eigenvalue weighted by Crippen LogP contribution is -2.39. The van der Waals surface area contributed by atoms with Gasteiger partial charge in [0.25, 0.3) is 5.56 Å². The van der Waals surface area contributed by atoms with Crippen molar-refractivity contribution in [1.29, 1.82) is 0 Å². The summed E-state index contributed by atoms with van der Waals surface area (Å²) in [5.74, 6) is 0.0605. The summed E-state index contributed by atoms with van der Waals surface area (Å²) in [5.41, 5.74) is 1.89. The zero-order valence-electron chi connectivity index (χ0n) is 19.0. The van der Waals surface area contributed by atoms with Crippen molar-refractivity contribution in [3.63, 3.8) is 0 Å². The second-order valence-electron chi connectivity index (χ2n) is 7.51. The number of rotatable bonds is 5. The van der Waals surface area contributed by atoms with E-state index in [1.807, 2.05) is 12.1 Å². The molecular weight excluding hydrogens is 456 g/mol. The molecule has 0 amide bonds. The van der Waals surface area contributed by atoms with Crippen molar-refractivity contribution < 1.29 is 23.8 Å². The largest absolute Gasteiger partial charge is 0.497 e. The highest BCUT2D eigenvalue weighted by molar-refractivity contribution is 7.07.